The molecule has 63 heavy (non-hydrogen) atoms. The Labute approximate surface area is 362 Å². The second-order valence-electron chi connectivity index (χ2n) is 16.3. The average Bonchev–Trinajstić information content (AvgIpc) is 4.03. The highest BCUT2D eigenvalue weighted by atomic mass is 16.3. The molecular formula is C59H36N2O2. The zero-order valence-corrected chi connectivity index (χ0v) is 34.0. The van der Waals surface area contributed by atoms with Crippen LogP contribution in [0.25, 0.3) is 127 Å². The van der Waals surface area contributed by atoms with Gasteiger partial charge in [0.15, 0.2) is 0 Å². The van der Waals surface area contributed by atoms with Crippen molar-refractivity contribution < 1.29 is 8.83 Å². The van der Waals surface area contributed by atoms with E-state index in [9.17, 15) is 0 Å². The van der Waals surface area contributed by atoms with Gasteiger partial charge in [-0.1, -0.05) is 140 Å². The van der Waals surface area contributed by atoms with E-state index in [4.69, 9.17) is 13.8 Å². The molecule has 294 valence electrons. The van der Waals surface area contributed by atoms with Crippen LogP contribution in [-0.4, -0.2) is 9.55 Å². The van der Waals surface area contributed by atoms with E-state index in [1.54, 1.807) is 0 Å². The van der Waals surface area contributed by atoms with Crippen molar-refractivity contribution in [2.75, 3.05) is 0 Å². The number of hydrogen-bond donors (Lipinski definition) is 0. The van der Waals surface area contributed by atoms with Crippen molar-refractivity contribution in [3.63, 3.8) is 0 Å². The molecule has 0 amide bonds. The smallest absolute Gasteiger partial charge is 0.136 e. The molecule has 0 unspecified atom stereocenters. The van der Waals surface area contributed by atoms with Gasteiger partial charge in [0, 0.05) is 49.1 Å². The van der Waals surface area contributed by atoms with E-state index in [0.29, 0.717) is 0 Å². The number of aromatic nitrogens is 2. The Morgan fingerprint density at radius 1 is 0.302 bits per heavy atom. The fraction of sp³-hybridized carbons (Fsp3) is 0. The number of benzene rings is 9. The minimum absolute atomic E-state index is 0.844. The largest absolute Gasteiger partial charge is 0.456 e. The molecule has 4 nitrogen and oxygen atoms in total. The molecule has 9 aromatic carbocycles. The number of hydrogen-bond acceptors (Lipinski definition) is 3. The summed E-state index contributed by atoms with van der Waals surface area (Å²) in [5.74, 6) is 0. The third-order valence-electron chi connectivity index (χ3n) is 12.6. The van der Waals surface area contributed by atoms with Gasteiger partial charge in [-0.2, -0.15) is 0 Å². The van der Waals surface area contributed by atoms with Crippen LogP contribution in [0.3, 0.4) is 0 Å². The predicted octanol–water partition coefficient (Wildman–Crippen LogP) is 16.3. The molecule has 0 aliphatic heterocycles. The third-order valence-corrected chi connectivity index (χ3v) is 12.6. The number of rotatable bonds is 6. The number of fused-ring (bicyclic) bond motifs is 9. The summed E-state index contributed by atoms with van der Waals surface area (Å²) in [4.78, 5) is 5.27. The van der Waals surface area contributed by atoms with Gasteiger partial charge in [0.25, 0.3) is 0 Å². The molecule has 13 aromatic rings. The minimum Gasteiger partial charge on any atom is -0.456 e. The quantitative estimate of drug-likeness (QED) is 0.168. The predicted molar refractivity (Wildman–Crippen MR) is 260 cm³/mol. The summed E-state index contributed by atoms with van der Waals surface area (Å²) in [6, 6.07) is 77.4. The molecule has 4 heterocycles. The van der Waals surface area contributed by atoms with Crippen molar-refractivity contribution in [2.24, 2.45) is 0 Å². The first-order valence-electron chi connectivity index (χ1n) is 21.4. The van der Waals surface area contributed by atoms with Gasteiger partial charge in [0.05, 0.1) is 22.4 Å². The van der Waals surface area contributed by atoms with Gasteiger partial charge in [-0.05, 0) is 112 Å². The average molecular weight is 805 g/mol. The number of pyridine rings is 1. The Morgan fingerprint density at radius 3 is 1.70 bits per heavy atom. The van der Waals surface area contributed by atoms with E-state index in [1.807, 2.05) is 18.2 Å². The summed E-state index contributed by atoms with van der Waals surface area (Å²) >= 11 is 0. The fourth-order valence-corrected chi connectivity index (χ4v) is 9.69. The molecule has 4 heteroatoms. The molecule has 13 rings (SSSR count). The molecule has 4 aromatic heterocycles. The molecule has 0 aliphatic carbocycles. The van der Waals surface area contributed by atoms with Crippen LogP contribution >= 0.6 is 0 Å². The van der Waals surface area contributed by atoms with Crippen molar-refractivity contribution in [1.29, 1.82) is 0 Å². The maximum absolute atomic E-state index is 6.62. The molecule has 0 spiro atoms. The van der Waals surface area contributed by atoms with Crippen molar-refractivity contribution in [3.8, 4) is 61.6 Å². The summed E-state index contributed by atoms with van der Waals surface area (Å²) in [7, 11) is 0. The molecule has 0 fully saturated rings. The topological polar surface area (TPSA) is 44.1 Å². The number of nitrogens with zero attached hydrogens (tertiary/aromatic N) is 2. The standard InChI is InChI=1S/C59H36N2O2/c1-3-14-37(15-4-1)51-34-41(35-52(60-51)40-26-29-48-47-21-10-12-24-55(47)63-58(48)36-40)45-22-13-25-57-59(45)50-33-39(28-31-56(50)62-57)44-19-8-7-18-43(44)38-27-30-54-49(32-38)46-20-9-11-23-53(46)61(54)42-16-5-2-6-17-42/h1-36H. The molecule has 0 radical (unpaired) electrons. The van der Waals surface area contributed by atoms with Gasteiger partial charge in [0.1, 0.15) is 22.3 Å². The van der Waals surface area contributed by atoms with E-state index in [2.05, 4.69) is 205 Å². The Morgan fingerprint density at radius 2 is 0.873 bits per heavy atom. The number of para-hydroxylation sites is 3. The van der Waals surface area contributed by atoms with E-state index >= 15 is 0 Å². The van der Waals surface area contributed by atoms with Crippen molar-refractivity contribution >= 4 is 65.7 Å². The van der Waals surface area contributed by atoms with E-state index in [1.165, 1.54) is 32.9 Å². The maximum Gasteiger partial charge on any atom is 0.136 e. The van der Waals surface area contributed by atoms with Crippen LogP contribution in [0.5, 0.6) is 0 Å². The van der Waals surface area contributed by atoms with E-state index in [0.717, 1.165) is 94.3 Å². The zero-order valence-electron chi connectivity index (χ0n) is 34.0. The van der Waals surface area contributed by atoms with Gasteiger partial charge in [-0.25, -0.2) is 4.98 Å². The van der Waals surface area contributed by atoms with Crippen molar-refractivity contribution in [1.82, 2.24) is 9.55 Å². The Kier molecular flexibility index (Phi) is 7.87. The van der Waals surface area contributed by atoms with E-state index < -0.39 is 0 Å². The van der Waals surface area contributed by atoms with Crippen LogP contribution in [0.2, 0.25) is 0 Å². The lowest BCUT2D eigenvalue weighted by Crippen LogP contribution is -1.93. The first kappa shape index (κ1) is 35.3. The maximum atomic E-state index is 6.62. The molecule has 0 bridgehead atoms. The molecule has 0 saturated carbocycles. The summed E-state index contributed by atoms with van der Waals surface area (Å²) < 4.78 is 15.3. The minimum atomic E-state index is 0.844. The summed E-state index contributed by atoms with van der Waals surface area (Å²) in [6.07, 6.45) is 0. The van der Waals surface area contributed by atoms with Gasteiger partial charge in [0.2, 0.25) is 0 Å². The second kappa shape index (κ2) is 14.1. The highest BCUT2D eigenvalue weighted by molar-refractivity contribution is 6.15. The monoisotopic (exact) mass is 804 g/mol. The van der Waals surface area contributed by atoms with Crippen LogP contribution in [0.1, 0.15) is 0 Å². The molecule has 0 saturated heterocycles. The van der Waals surface area contributed by atoms with Crippen LogP contribution < -0.4 is 0 Å². The van der Waals surface area contributed by atoms with Crippen molar-refractivity contribution in [2.45, 2.75) is 0 Å². The van der Waals surface area contributed by atoms with Crippen LogP contribution in [-0.2, 0) is 0 Å². The summed E-state index contributed by atoms with van der Waals surface area (Å²) in [6.45, 7) is 0. The van der Waals surface area contributed by atoms with Crippen LogP contribution in [0.15, 0.2) is 227 Å². The van der Waals surface area contributed by atoms with Gasteiger partial charge < -0.3 is 13.4 Å². The van der Waals surface area contributed by atoms with Gasteiger partial charge in [-0.15, -0.1) is 0 Å². The lowest BCUT2D eigenvalue weighted by molar-refractivity contribution is 0.668. The summed E-state index contributed by atoms with van der Waals surface area (Å²) in [5, 5.41) is 6.81. The van der Waals surface area contributed by atoms with Gasteiger partial charge in [-0.3, -0.25) is 0 Å². The fourth-order valence-electron chi connectivity index (χ4n) is 9.69. The van der Waals surface area contributed by atoms with E-state index in [-0.39, 0.29) is 0 Å². The summed E-state index contributed by atoms with van der Waals surface area (Å²) in [5.41, 5.74) is 17.6. The molecular weight excluding hydrogens is 769 g/mol. The lowest BCUT2D eigenvalue weighted by Gasteiger charge is -2.12. The van der Waals surface area contributed by atoms with Gasteiger partial charge >= 0.3 is 0 Å². The van der Waals surface area contributed by atoms with Crippen LogP contribution in [0.4, 0.5) is 0 Å². The first-order valence-corrected chi connectivity index (χ1v) is 21.4. The Bertz CT molecular complexity index is 3910. The lowest BCUT2D eigenvalue weighted by atomic mass is 9.92. The second-order valence-corrected chi connectivity index (χ2v) is 16.3. The Hall–Kier alpha value is -8.47. The number of furan rings is 2. The Balaban J connectivity index is 0.966. The highest BCUT2D eigenvalue weighted by Gasteiger charge is 2.19. The molecule has 0 atom stereocenters. The first-order chi connectivity index (χ1) is 31.2. The van der Waals surface area contributed by atoms with Crippen LogP contribution in [0, 0.1) is 0 Å². The third kappa shape index (κ3) is 5.73. The molecule has 0 N–H and O–H groups in total. The zero-order chi connectivity index (χ0) is 41.4. The molecule has 0 aliphatic rings. The SMILES string of the molecule is c1ccc(-c2cc(-c3cccc4oc5ccc(-c6ccccc6-c6ccc7c(c6)c6ccccc6n7-c6ccccc6)cc5c34)cc(-c3ccc4c(c3)oc3ccccc34)n2)cc1. The highest BCUT2D eigenvalue weighted by Crippen LogP contribution is 2.43. The van der Waals surface area contributed by atoms with Crippen molar-refractivity contribution in [3.05, 3.63) is 218 Å². The normalized spacial score (nSPS) is 11.8.